The summed E-state index contributed by atoms with van der Waals surface area (Å²) in [7, 11) is 0. The second-order valence-electron chi connectivity index (χ2n) is 3.79. The van der Waals surface area contributed by atoms with Crippen molar-refractivity contribution in [1.82, 2.24) is 14.5 Å². The summed E-state index contributed by atoms with van der Waals surface area (Å²) in [6.45, 7) is 5.62. The first-order valence-electron chi connectivity index (χ1n) is 5.19. The predicted molar refractivity (Wildman–Crippen MR) is 53.9 cm³/mol. The van der Waals surface area contributed by atoms with Crippen LogP contribution in [0.15, 0.2) is 12.5 Å². The van der Waals surface area contributed by atoms with Gasteiger partial charge in [0.05, 0.1) is 24.8 Å². The maximum absolute atomic E-state index is 9.12. The van der Waals surface area contributed by atoms with Crippen molar-refractivity contribution < 1.29 is 5.11 Å². The maximum atomic E-state index is 9.12. The molecule has 4 nitrogen and oxygen atoms in total. The Bertz CT molecular complexity index is 297. The number of hydrogen-bond acceptors (Lipinski definition) is 3. The largest absolute Gasteiger partial charge is 0.390 e. The Hall–Kier alpha value is -0.870. The minimum Gasteiger partial charge on any atom is -0.390 e. The number of aliphatic hydroxyl groups excluding tert-OH is 1. The lowest BCUT2D eigenvalue weighted by molar-refractivity contribution is 0.264. The van der Waals surface area contributed by atoms with Gasteiger partial charge >= 0.3 is 0 Å². The zero-order valence-corrected chi connectivity index (χ0v) is 8.56. The van der Waals surface area contributed by atoms with E-state index >= 15 is 0 Å². The van der Waals surface area contributed by atoms with Gasteiger partial charge in [0.2, 0.25) is 0 Å². The van der Waals surface area contributed by atoms with Crippen LogP contribution in [0.5, 0.6) is 0 Å². The van der Waals surface area contributed by atoms with E-state index in [9.17, 15) is 0 Å². The van der Waals surface area contributed by atoms with Crippen molar-refractivity contribution in [1.29, 1.82) is 0 Å². The Morgan fingerprint density at radius 2 is 2.50 bits per heavy atom. The molecule has 1 aliphatic rings. The number of rotatable bonds is 3. The minimum absolute atomic E-state index is 0.0859. The van der Waals surface area contributed by atoms with Crippen molar-refractivity contribution in [2.24, 2.45) is 0 Å². The van der Waals surface area contributed by atoms with Gasteiger partial charge in [-0.1, -0.05) is 6.92 Å². The van der Waals surface area contributed by atoms with Crippen LogP contribution in [0.3, 0.4) is 0 Å². The maximum Gasteiger partial charge on any atom is 0.0951 e. The van der Waals surface area contributed by atoms with Crippen LogP contribution in [0.4, 0.5) is 0 Å². The molecule has 0 spiro atoms. The van der Waals surface area contributed by atoms with Crippen LogP contribution < -0.4 is 0 Å². The Labute approximate surface area is 84.2 Å². The molecular formula is C10H17N3O. The Morgan fingerprint density at radius 3 is 3.14 bits per heavy atom. The number of hydrogen-bond donors (Lipinski definition) is 1. The molecule has 2 rings (SSSR count). The molecule has 0 radical (unpaired) electrons. The molecule has 1 fully saturated rings. The molecule has 4 heteroatoms. The van der Waals surface area contributed by atoms with Crippen LogP contribution in [0, 0.1) is 0 Å². The smallest absolute Gasteiger partial charge is 0.0951 e. The summed E-state index contributed by atoms with van der Waals surface area (Å²) in [6.07, 6.45) is 4.74. The Kier molecular flexibility index (Phi) is 2.84. The van der Waals surface area contributed by atoms with Gasteiger partial charge in [-0.2, -0.15) is 0 Å². The van der Waals surface area contributed by atoms with Gasteiger partial charge in [-0.15, -0.1) is 0 Å². The molecule has 1 unspecified atom stereocenters. The summed E-state index contributed by atoms with van der Waals surface area (Å²) < 4.78 is 2.11. The molecular weight excluding hydrogens is 178 g/mol. The number of nitrogens with zero attached hydrogens (tertiary/aromatic N) is 3. The van der Waals surface area contributed by atoms with E-state index in [1.807, 2.05) is 6.33 Å². The normalized spacial score (nSPS) is 23.1. The number of likely N-dealkylation sites (N-methyl/N-ethyl adjacent to an activating group) is 1. The molecule has 2 heterocycles. The number of imidazole rings is 1. The van der Waals surface area contributed by atoms with Crippen molar-refractivity contribution in [3.05, 3.63) is 18.2 Å². The highest BCUT2D eigenvalue weighted by Gasteiger charge is 2.23. The van der Waals surface area contributed by atoms with Crippen LogP contribution in [-0.4, -0.2) is 39.2 Å². The van der Waals surface area contributed by atoms with E-state index in [1.165, 1.54) is 0 Å². The van der Waals surface area contributed by atoms with Crippen LogP contribution >= 0.6 is 0 Å². The van der Waals surface area contributed by atoms with E-state index < -0.39 is 0 Å². The highest BCUT2D eigenvalue weighted by atomic mass is 16.3. The summed E-state index contributed by atoms with van der Waals surface area (Å²) >= 11 is 0. The zero-order valence-electron chi connectivity index (χ0n) is 8.56. The average Bonchev–Trinajstić information content (AvgIpc) is 2.85. The summed E-state index contributed by atoms with van der Waals surface area (Å²) in [4.78, 5) is 6.50. The van der Waals surface area contributed by atoms with Gasteiger partial charge in [0, 0.05) is 19.1 Å². The molecule has 0 aromatic carbocycles. The Balaban J connectivity index is 2.09. The van der Waals surface area contributed by atoms with E-state index in [-0.39, 0.29) is 6.61 Å². The van der Waals surface area contributed by atoms with Gasteiger partial charge in [-0.3, -0.25) is 0 Å². The molecule has 0 amide bonds. The fourth-order valence-electron chi connectivity index (χ4n) is 2.11. The molecule has 14 heavy (non-hydrogen) atoms. The third kappa shape index (κ3) is 1.67. The fraction of sp³-hybridized carbons (Fsp3) is 0.700. The zero-order chi connectivity index (χ0) is 9.97. The predicted octanol–water partition coefficient (Wildman–Crippen LogP) is 0.642. The van der Waals surface area contributed by atoms with E-state index in [0.717, 1.165) is 31.7 Å². The quantitative estimate of drug-likeness (QED) is 0.769. The number of likely N-dealkylation sites (tertiary alicyclic amines) is 1. The van der Waals surface area contributed by atoms with Crippen LogP contribution in [0.25, 0.3) is 0 Å². The van der Waals surface area contributed by atoms with Crippen molar-refractivity contribution >= 4 is 0 Å². The molecule has 1 aromatic rings. The van der Waals surface area contributed by atoms with Gasteiger partial charge in [-0.25, -0.2) is 4.98 Å². The molecule has 1 N–H and O–H groups in total. The average molecular weight is 195 g/mol. The van der Waals surface area contributed by atoms with Crippen molar-refractivity contribution in [2.75, 3.05) is 19.6 Å². The van der Waals surface area contributed by atoms with E-state index in [0.29, 0.717) is 6.04 Å². The summed E-state index contributed by atoms with van der Waals surface area (Å²) in [5.74, 6) is 0. The topological polar surface area (TPSA) is 41.3 Å². The number of aliphatic hydroxyl groups is 1. The van der Waals surface area contributed by atoms with Crippen molar-refractivity contribution in [3.63, 3.8) is 0 Å². The summed E-state index contributed by atoms with van der Waals surface area (Å²) in [5.41, 5.74) is 0.924. The van der Waals surface area contributed by atoms with Gasteiger partial charge < -0.3 is 14.6 Å². The van der Waals surface area contributed by atoms with Crippen LogP contribution in [0.2, 0.25) is 0 Å². The molecule has 78 valence electrons. The minimum atomic E-state index is 0.0859. The van der Waals surface area contributed by atoms with Gasteiger partial charge in [0.15, 0.2) is 0 Å². The highest BCUT2D eigenvalue weighted by molar-refractivity contribution is 5.00. The lowest BCUT2D eigenvalue weighted by Gasteiger charge is -2.15. The van der Waals surface area contributed by atoms with E-state index in [1.54, 1.807) is 6.20 Å². The van der Waals surface area contributed by atoms with E-state index in [2.05, 4.69) is 21.4 Å². The molecule has 1 saturated heterocycles. The summed E-state index contributed by atoms with van der Waals surface area (Å²) in [6, 6.07) is 0.500. The molecule has 0 bridgehead atoms. The lowest BCUT2D eigenvalue weighted by Crippen LogP contribution is -2.21. The van der Waals surface area contributed by atoms with Crippen LogP contribution in [-0.2, 0) is 6.61 Å². The second kappa shape index (κ2) is 4.11. The first-order chi connectivity index (χ1) is 6.85. The van der Waals surface area contributed by atoms with Gasteiger partial charge in [0.1, 0.15) is 0 Å². The molecule has 1 aromatic heterocycles. The lowest BCUT2D eigenvalue weighted by atomic mass is 10.2. The molecule has 0 saturated carbocycles. The van der Waals surface area contributed by atoms with Gasteiger partial charge in [0.25, 0.3) is 0 Å². The van der Waals surface area contributed by atoms with Crippen LogP contribution in [0.1, 0.15) is 25.1 Å². The molecule has 1 aliphatic heterocycles. The molecule has 0 aliphatic carbocycles. The monoisotopic (exact) mass is 195 g/mol. The second-order valence-corrected chi connectivity index (χ2v) is 3.79. The first-order valence-corrected chi connectivity index (χ1v) is 5.19. The summed E-state index contributed by atoms with van der Waals surface area (Å²) in [5, 5.41) is 9.12. The molecule has 1 atom stereocenters. The highest BCUT2D eigenvalue weighted by Crippen LogP contribution is 2.22. The van der Waals surface area contributed by atoms with Gasteiger partial charge in [-0.05, 0) is 13.0 Å². The first kappa shape index (κ1) is 9.68. The Morgan fingerprint density at radius 1 is 1.64 bits per heavy atom. The number of aromatic nitrogens is 2. The van der Waals surface area contributed by atoms with Crippen molar-refractivity contribution in [3.8, 4) is 0 Å². The van der Waals surface area contributed by atoms with Crippen molar-refractivity contribution in [2.45, 2.75) is 26.0 Å². The third-order valence-corrected chi connectivity index (χ3v) is 3.00. The van der Waals surface area contributed by atoms with E-state index in [4.69, 9.17) is 5.11 Å². The SMILES string of the molecule is CCN1CCC(n2cncc2CO)C1. The standard InChI is InChI=1S/C10H17N3O/c1-2-12-4-3-9(6-12)13-8-11-5-10(13)7-14/h5,8-9,14H,2-4,6-7H2,1H3. The fourth-order valence-corrected chi connectivity index (χ4v) is 2.11. The third-order valence-electron chi connectivity index (χ3n) is 3.00.